The minimum absolute atomic E-state index is 0.275. The molecule has 2 N–H and O–H groups in total. The van der Waals surface area contributed by atoms with Gasteiger partial charge in [0.05, 0.1) is 35.4 Å². The number of rotatable bonds is 8. The highest BCUT2D eigenvalue weighted by atomic mass is 16.5. The molecule has 39 heavy (non-hydrogen) atoms. The normalized spacial score (nSPS) is 14.8. The lowest BCUT2D eigenvalue weighted by molar-refractivity contribution is -0.111. The molecule has 0 aliphatic carbocycles. The second kappa shape index (κ2) is 10.1. The number of aromatic nitrogens is 3. The zero-order chi connectivity index (χ0) is 27.1. The van der Waals surface area contributed by atoms with Crippen LogP contribution in [-0.4, -0.2) is 65.7 Å². The predicted octanol–water partition coefficient (Wildman–Crippen LogP) is 4.67. The van der Waals surface area contributed by atoms with Crippen LogP contribution in [0.25, 0.3) is 22.2 Å². The molecule has 0 bridgehead atoms. The molecule has 2 aromatic carbocycles. The summed E-state index contributed by atoms with van der Waals surface area (Å²) in [6.45, 7) is 6.34. The van der Waals surface area contributed by atoms with Crippen molar-refractivity contribution in [2.75, 3.05) is 49.8 Å². The smallest absolute Gasteiger partial charge is 0.247 e. The first-order valence-corrected chi connectivity index (χ1v) is 13.2. The minimum Gasteiger partial charge on any atom is -0.494 e. The number of carbonyl (C=O) groups excluding carboxylic acids is 1. The van der Waals surface area contributed by atoms with Crippen LogP contribution in [0.5, 0.6) is 5.75 Å². The summed E-state index contributed by atoms with van der Waals surface area (Å²) in [5, 5.41) is 7.49. The molecular formula is C30H33N7O2. The molecule has 2 aliphatic heterocycles. The van der Waals surface area contributed by atoms with Gasteiger partial charge in [0.25, 0.3) is 0 Å². The third-order valence-corrected chi connectivity index (χ3v) is 7.70. The topological polar surface area (TPSA) is 87.5 Å². The van der Waals surface area contributed by atoms with Gasteiger partial charge in [-0.25, -0.2) is 9.97 Å². The van der Waals surface area contributed by atoms with Crippen LogP contribution in [0, 0.1) is 0 Å². The second-order valence-corrected chi connectivity index (χ2v) is 10.3. The van der Waals surface area contributed by atoms with Crippen LogP contribution in [0.1, 0.15) is 12.0 Å². The Morgan fingerprint density at radius 2 is 2.05 bits per heavy atom. The molecule has 0 radical (unpaired) electrons. The van der Waals surface area contributed by atoms with Crippen molar-refractivity contribution in [2.24, 2.45) is 0 Å². The average Bonchev–Trinajstić information content (AvgIpc) is 3.29. The highest BCUT2D eigenvalue weighted by Gasteiger charge is 2.31. The van der Waals surface area contributed by atoms with Crippen molar-refractivity contribution in [3.05, 3.63) is 67.0 Å². The summed E-state index contributed by atoms with van der Waals surface area (Å²) in [5.74, 6) is 0.808. The molecule has 2 aliphatic rings. The van der Waals surface area contributed by atoms with Crippen molar-refractivity contribution in [1.29, 1.82) is 0 Å². The minimum atomic E-state index is -0.275. The van der Waals surface area contributed by atoms with Crippen molar-refractivity contribution in [3.8, 4) is 17.0 Å². The third-order valence-electron chi connectivity index (χ3n) is 7.70. The fraction of sp³-hybridized carbons (Fsp3) is 0.300. The van der Waals surface area contributed by atoms with E-state index in [9.17, 15) is 4.79 Å². The summed E-state index contributed by atoms with van der Waals surface area (Å²) in [7, 11) is 5.79. The van der Waals surface area contributed by atoms with E-state index in [0.717, 1.165) is 49.4 Å². The first kappa shape index (κ1) is 24.9. The van der Waals surface area contributed by atoms with Crippen molar-refractivity contribution < 1.29 is 9.53 Å². The van der Waals surface area contributed by atoms with Crippen LogP contribution in [0.2, 0.25) is 0 Å². The van der Waals surface area contributed by atoms with Gasteiger partial charge in [-0.1, -0.05) is 24.8 Å². The van der Waals surface area contributed by atoms with Gasteiger partial charge in [0.15, 0.2) is 0 Å². The Hall–Kier alpha value is -4.37. The van der Waals surface area contributed by atoms with Crippen molar-refractivity contribution in [3.63, 3.8) is 0 Å². The second-order valence-electron chi connectivity index (χ2n) is 10.3. The van der Waals surface area contributed by atoms with Crippen LogP contribution in [0.3, 0.4) is 0 Å². The predicted molar refractivity (Wildman–Crippen MR) is 156 cm³/mol. The standard InChI is InChI=1S/C30H33N7O2/c1-5-28(38)32-24-14-25(27(39-4)15-26(24)37-16-20(17-37)35(2)3)34-30-31-12-11-23(33-30)22-18-36-13-7-9-19-8-6-10-21(22)29(19)36/h5-6,8,10-12,14-15,18,20H,1,7,9,13,16-17H2,2-4H3,(H,32,38)(H,31,33,34). The summed E-state index contributed by atoms with van der Waals surface area (Å²) in [5.41, 5.74) is 6.85. The number of ether oxygens (including phenoxy) is 1. The van der Waals surface area contributed by atoms with Crippen LogP contribution >= 0.6 is 0 Å². The van der Waals surface area contributed by atoms with Crippen LogP contribution in [0.4, 0.5) is 23.0 Å². The molecule has 1 fully saturated rings. The van der Waals surface area contributed by atoms with Gasteiger partial charge >= 0.3 is 0 Å². The number of amides is 1. The molecule has 0 spiro atoms. The number of likely N-dealkylation sites (N-methyl/N-ethyl adjacent to an activating group) is 1. The number of para-hydroxylation sites is 1. The van der Waals surface area contributed by atoms with Gasteiger partial charge in [-0.15, -0.1) is 0 Å². The molecule has 6 rings (SSSR count). The number of hydrogen-bond acceptors (Lipinski definition) is 7. The molecule has 0 unspecified atom stereocenters. The summed E-state index contributed by atoms with van der Waals surface area (Å²) in [6, 6.07) is 12.7. The Bertz CT molecular complexity index is 1570. The lowest BCUT2D eigenvalue weighted by atomic mass is 10.0. The molecule has 0 atom stereocenters. The number of nitrogens with one attached hydrogen (secondary N) is 2. The molecule has 9 nitrogen and oxygen atoms in total. The fourth-order valence-electron chi connectivity index (χ4n) is 5.51. The number of carbonyl (C=O) groups is 1. The maximum Gasteiger partial charge on any atom is 0.247 e. The number of anilines is 4. The zero-order valence-electron chi connectivity index (χ0n) is 22.6. The largest absolute Gasteiger partial charge is 0.494 e. The van der Waals surface area contributed by atoms with Crippen molar-refractivity contribution in [2.45, 2.75) is 25.4 Å². The van der Waals surface area contributed by atoms with E-state index < -0.39 is 0 Å². The van der Waals surface area contributed by atoms with Gasteiger partial charge in [0.1, 0.15) is 5.75 Å². The summed E-state index contributed by atoms with van der Waals surface area (Å²) in [6.07, 6.45) is 7.48. The monoisotopic (exact) mass is 523 g/mol. The molecule has 4 heterocycles. The molecule has 200 valence electrons. The van der Waals surface area contributed by atoms with Crippen LogP contribution in [-0.2, 0) is 17.8 Å². The van der Waals surface area contributed by atoms with Crippen LogP contribution in [0.15, 0.2) is 61.4 Å². The number of nitrogens with zero attached hydrogens (tertiary/aromatic N) is 5. The molecular weight excluding hydrogens is 490 g/mol. The first-order valence-electron chi connectivity index (χ1n) is 13.2. The summed E-state index contributed by atoms with van der Waals surface area (Å²) in [4.78, 5) is 26.1. The SMILES string of the molecule is C=CC(=O)Nc1cc(Nc2nccc(-c3cn4c5c(cccc35)CCC4)n2)c(OC)cc1N1CC(N(C)C)C1. The maximum absolute atomic E-state index is 12.3. The van der Waals surface area contributed by atoms with E-state index in [-0.39, 0.29) is 5.91 Å². The lowest BCUT2D eigenvalue weighted by Gasteiger charge is -2.45. The number of aryl methyl sites for hydroxylation is 2. The van der Waals surface area contributed by atoms with Gasteiger partial charge in [-0.2, -0.15) is 0 Å². The zero-order valence-corrected chi connectivity index (χ0v) is 22.6. The van der Waals surface area contributed by atoms with E-state index in [4.69, 9.17) is 9.72 Å². The van der Waals surface area contributed by atoms with E-state index in [2.05, 4.69) is 75.1 Å². The lowest BCUT2D eigenvalue weighted by Crippen LogP contribution is -2.57. The van der Waals surface area contributed by atoms with Gasteiger partial charge in [0.2, 0.25) is 11.9 Å². The molecule has 2 aromatic heterocycles. The Labute approximate surface area is 228 Å². The van der Waals surface area contributed by atoms with E-state index in [1.54, 1.807) is 13.3 Å². The van der Waals surface area contributed by atoms with Crippen molar-refractivity contribution >= 4 is 39.8 Å². The molecule has 1 amide bonds. The third kappa shape index (κ3) is 4.59. The number of methoxy groups -OCH3 is 1. The number of benzene rings is 2. The number of hydrogen-bond donors (Lipinski definition) is 2. The Balaban J connectivity index is 1.34. The molecule has 1 saturated heterocycles. The first-order chi connectivity index (χ1) is 18.9. The highest BCUT2D eigenvalue weighted by Crippen LogP contribution is 2.40. The van der Waals surface area contributed by atoms with Gasteiger partial charge in [-0.05, 0) is 50.7 Å². The highest BCUT2D eigenvalue weighted by molar-refractivity contribution is 6.02. The molecule has 9 heteroatoms. The Morgan fingerprint density at radius 3 is 2.82 bits per heavy atom. The average molecular weight is 524 g/mol. The fourth-order valence-corrected chi connectivity index (χ4v) is 5.51. The van der Waals surface area contributed by atoms with Gasteiger partial charge in [0, 0.05) is 55.1 Å². The molecule has 4 aromatic rings. The Kier molecular flexibility index (Phi) is 6.44. The molecule has 0 saturated carbocycles. The van der Waals surface area contributed by atoms with Crippen molar-refractivity contribution in [1.82, 2.24) is 19.4 Å². The Morgan fingerprint density at radius 1 is 1.21 bits per heavy atom. The van der Waals surface area contributed by atoms with E-state index in [1.165, 1.54) is 22.5 Å². The van der Waals surface area contributed by atoms with Gasteiger partial charge < -0.3 is 29.7 Å². The van der Waals surface area contributed by atoms with Gasteiger partial charge in [-0.3, -0.25) is 4.79 Å². The van der Waals surface area contributed by atoms with E-state index in [1.807, 2.05) is 18.2 Å². The quantitative estimate of drug-likeness (QED) is 0.325. The maximum atomic E-state index is 12.3. The van der Waals surface area contributed by atoms with Crippen LogP contribution < -0.4 is 20.3 Å². The van der Waals surface area contributed by atoms with E-state index in [0.29, 0.717) is 29.1 Å². The summed E-state index contributed by atoms with van der Waals surface area (Å²) < 4.78 is 8.10. The van der Waals surface area contributed by atoms with E-state index >= 15 is 0 Å². The summed E-state index contributed by atoms with van der Waals surface area (Å²) >= 11 is 0.